The van der Waals surface area contributed by atoms with Crippen LogP contribution in [0.1, 0.15) is 25.5 Å². The van der Waals surface area contributed by atoms with Gasteiger partial charge in [-0.15, -0.1) is 0 Å². The zero-order valence-electron chi connectivity index (χ0n) is 15.3. The van der Waals surface area contributed by atoms with Crippen molar-refractivity contribution >= 4 is 11.6 Å². The molecule has 0 amide bonds. The van der Waals surface area contributed by atoms with Crippen LogP contribution in [0.2, 0.25) is 0 Å². The van der Waals surface area contributed by atoms with Gasteiger partial charge in [0.2, 0.25) is 0 Å². The number of fused-ring (bicyclic) bond motifs is 6. The molecule has 1 N–H and O–H groups in total. The van der Waals surface area contributed by atoms with Crippen molar-refractivity contribution in [1.29, 1.82) is 0 Å². The predicted octanol–water partition coefficient (Wildman–Crippen LogP) is 1.95. The first-order chi connectivity index (χ1) is 12.8. The quantitative estimate of drug-likeness (QED) is 0.674. The molecule has 3 saturated heterocycles. The standard InChI is InChI=1S/C20H27N5O/c1-2-21-20(25-12-15-16(13-25)18-7-6-17(15)26-18)22-9-8-14-11-24-10-4-3-5-19(24)23-14/h3-5,10-11,15-18H,2,6-9,12-13H2,1H3,(H,21,22). The molecule has 6 nitrogen and oxygen atoms in total. The van der Waals surface area contributed by atoms with Crippen LogP contribution in [0.15, 0.2) is 35.6 Å². The molecule has 6 heteroatoms. The summed E-state index contributed by atoms with van der Waals surface area (Å²) in [7, 11) is 0. The van der Waals surface area contributed by atoms with Gasteiger partial charge in [0.05, 0.1) is 17.9 Å². The summed E-state index contributed by atoms with van der Waals surface area (Å²) < 4.78 is 8.17. The monoisotopic (exact) mass is 353 g/mol. The Labute approximate surface area is 154 Å². The van der Waals surface area contributed by atoms with E-state index in [1.54, 1.807) is 0 Å². The van der Waals surface area contributed by atoms with Crippen LogP contribution < -0.4 is 5.32 Å². The first kappa shape index (κ1) is 16.1. The number of hydrogen-bond donors (Lipinski definition) is 1. The molecular weight excluding hydrogens is 326 g/mol. The van der Waals surface area contributed by atoms with Crippen LogP contribution in [-0.2, 0) is 11.2 Å². The third kappa shape index (κ3) is 2.76. The average molecular weight is 353 g/mol. The Bertz CT molecular complexity index is 764. The van der Waals surface area contributed by atoms with Crippen LogP contribution in [0.4, 0.5) is 0 Å². The van der Waals surface area contributed by atoms with E-state index in [4.69, 9.17) is 9.73 Å². The maximum absolute atomic E-state index is 6.10. The number of guanidine groups is 1. The molecule has 0 aliphatic carbocycles. The maximum atomic E-state index is 6.10. The van der Waals surface area contributed by atoms with Gasteiger partial charge in [-0.2, -0.15) is 0 Å². The molecule has 0 aromatic carbocycles. The van der Waals surface area contributed by atoms with Crippen LogP contribution in [-0.4, -0.2) is 58.6 Å². The minimum atomic E-state index is 0.496. The summed E-state index contributed by atoms with van der Waals surface area (Å²) in [5, 5.41) is 3.49. The Morgan fingerprint density at radius 2 is 2.08 bits per heavy atom. The molecule has 2 aromatic heterocycles. The number of nitrogens with one attached hydrogen (secondary N) is 1. The molecule has 26 heavy (non-hydrogen) atoms. The van der Waals surface area contributed by atoms with E-state index in [0.29, 0.717) is 24.0 Å². The highest BCUT2D eigenvalue weighted by molar-refractivity contribution is 5.80. The summed E-state index contributed by atoms with van der Waals surface area (Å²) >= 11 is 0. The number of likely N-dealkylation sites (tertiary alicyclic amines) is 1. The van der Waals surface area contributed by atoms with Crippen LogP contribution in [0.25, 0.3) is 5.65 Å². The lowest BCUT2D eigenvalue weighted by Crippen LogP contribution is -2.41. The van der Waals surface area contributed by atoms with Crippen LogP contribution in [0.5, 0.6) is 0 Å². The zero-order valence-corrected chi connectivity index (χ0v) is 15.3. The number of hydrogen-bond acceptors (Lipinski definition) is 3. The minimum Gasteiger partial charge on any atom is -0.374 e. The fraction of sp³-hybridized carbons (Fsp3) is 0.600. The van der Waals surface area contributed by atoms with Crippen molar-refractivity contribution in [3.8, 4) is 0 Å². The second-order valence-corrected chi connectivity index (χ2v) is 7.71. The molecule has 5 heterocycles. The van der Waals surface area contributed by atoms with Crippen LogP contribution in [0, 0.1) is 11.8 Å². The molecule has 0 spiro atoms. The number of rotatable bonds is 4. The predicted molar refractivity (Wildman–Crippen MR) is 101 cm³/mol. The van der Waals surface area contributed by atoms with E-state index in [1.807, 2.05) is 24.4 Å². The number of aliphatic imine (C=N–C) groups is 1. The van der Waals surface area contributed by atoms with Crippen molar-refractivity contribution in [2.24, 2.45) is 16.8 Å². The van der Waals surface area contributed by atoms with E-state index in [9.17, 15) is 0 Å². The molecule has 5 rings (SSSR count). The fourth-order valence-electron chi connectivity index (χ4n) is 4.94. The maximum Gasteiger partial charge on any atom is 0.193 e. The molecule has 0 radical (unpaired) electrons. The van der Waals surface area contributed by atoms with Gasteiger partial charge in [-0.1, -0.05) is 6.07 Å². The molecule has 2 bridgehead atoms. The van der Waals surface area contributed by atoms with Gasteiger partial charge in [0, 0.05) is 56.8 Å². The number of ether oxygens (including phenoxy) is 1. The topological polar surface area (TPSA) is 54.2 Å². The highest BCUT2D eigenvalue weighted by Crippen LogP contribution is 2.47. The smallest absolute Gasteiger partial charge is 0.193 e. The number of nitrogens with zero attached hydrogens (tertiary/aromatic N) is 4. The third-order valence-corrected chi connectivity index (χ3v) is 6.13. The van der Waals surface area contributed by atoms with Crippen molar-refractivity contribution in [3.63, 3.8) is 0 Å². The van der Waals surface area contributed by atoms with Gasteiger partial charge >= 0.3 is 0 Å². The largest absolute Gasteiger partial charge is 0.374 e. The van der Waals surface area contributed by atoms with E-state index in [1.165, 1.54) is 12.8 Å². The summed E-state index contributed by atoms with van der Waals surface area (Å²) in [6.07, 6.45) is 8.51. The Kier molecular flexibility index (Phi) is 4.08. The SMILES string of the molecule is CCNC(=NCCc1cn2ccccc2n1)N1CC2C3CCC(O3)C2C1. The lowest BCUT2D eigenvalue weighted by molar-refractivity contribution is 0.0767. The summed E-state index contributed by atoms with van der Waals surface area (Å²) in [4.78, 5) is 12.0. The van der Waals surface area contributed by atoms with Crippen molar-refractivity contribution in [1.82, 2.24) is 19.6 Å². The Morgan fingerprint density at radius 3 is 2.81 bits per heavy atom. The van der Waals surface area contributed by atoms with Gasteiger partial charge in [0.15, 0.2) is 5.96 Å². The average Bonchev–Trinajstić information content (AvgIpc) is 3.40. The van der Waals surface area contributed by atoms with Gasteiger partial charge in [-0.25, -0.2) is 4.98 Å². The van der Waals surface area contributed by atoms with Crippen molar-refractivity contribution < 1.29 is 4.74 Å². The van der Waals surface area contributed by atoms with E-state index in [0.717, 1.165) is 49.9 Å². The third-order valence-electron chi connectivity index (χ3n) is 6.13. The lowest BCUT2D eigenvalue weighted by Gasteiger charge is -2.23. The second-order valence-electron chi connectivity index (χ2n) is 7.71. The summed E-state index contributed by atoms with van der Waals surface area (Å²) in [5.74, 6) is 2.47. The lowest BCUT2D eigenvalue weighted by atomic mass is 9.82. The Hall–Kier alpha value is -2.08. The second kappa shape index (κ2) is 6.58. The molecule has 2 aromatic rings. The van der Waals surface area contributed by atoms with Gasteiger partial charge in [0.25, 0.3) is 0 Å². The number of pyridine rings is 1. The van der Waals surface area contributed by atoms with E-state index in [-0.39, 0.29) is 0 Å². The molecule has 0 saturated carbocycles. The molecule has 138 valence electrons. The first-order valence-electron chi connectivity index (χ1n) is 9.93. The highest BCUT2D eigenvalue weighted by atomic mass is 16.5. The van der Waals surface area contributed by atoms with Gasteiger partial charge in [-0.05, 0) is 31.9 Å². The van der Waals surface area contributed by atoms with Crippen molar-refractivity contribution in [3.05, 3.63) is 36.3 Å². The summed E-state index contributed by atoms with van der Waals surface area (Å²) in [6, 6.07) is 6.09. The van der Waals surface area contributed by atoms with Crippen molar-refractivity contribution in [2.45, 2.75) is 38.4 Å². The Balaban J connectivity index is 1.25. The Morgan fingerprint density at radius 1 is 1.27 bits per heavy atom. The normalized spacial score (nSPS) is 30.3. The molecule has 3 fully saturated rings. The summed E-state index contributed by atoms with van der Waals surface area (Å²) in [6.45, 7) is 5.99. The number of imidazole rings is 1. The van der Waals surface area contributed by atoms with Gasteiger partial charge in [-0.3, -0.25) is 4.99 Å². The molecule has 3 aliphatic heterocycles. The van der Waals surface area contributed by atoms with E-state index < -0.39 is 0 Å². The van der Waals surface area contributed by atoms with E-state index in [2.05, 4.69) is 32.7 Å². The highest BCUT2D eigenvalue weighted by Gasteiger charge is 2.53. The van der Waals surface area contributed by atoms with Gasteiger partial charge in [0.1, 0.15) is 5.65 Å². The molecule has 4 unspecified atom stereocenters. The first-order valence-corrected chi connectivity index (χ1v) is 9.93. The zero-order chi connectivity index (χ0) is 17.5. The van der Waals surface area contributed by atoms with Crippen LogP contribution in [0.3, 0.4) is 0 Å². The number of aromatic nitrogens is 2. The molecule has 4 atom stereocenters. The van der Waals surface area contributed by atoms with Crippen LogP contribution >= 0.6 is 0 Å². The minimum absolute atomic E-state index is 0.496. The molecular formula is C20H27N5O. The molecule has 3 aliphatic rings. The summed E-state index contributed by atoms with van der Waals surface area (Å²) in [5.41, 5.74) is 2.10. The van der Waals surface area contributed by atoms with Gasteiger partial charge < -0.3 is 19.4 Å². The fourth-order valence-corrected chi connectivity index (χ4v) is 4.94. The van der Waals surface area contributed by atoms with E-state index >= 15 is 0 Å². The van der Waals surface area contributed by atoms with Crippen molar-refractivity contribution in [2.75, 3.05) is 26.2 Å².